The third-order valence-electron chi connectivity index (χ3n) is 2.92. The summed E-state index contributed by atoms with van der Waals surface area (Å²) in [6.45, 7) is 4.03. The number of ether oxygens (including phenoxy) is 1. The van der Waals surface area contributed by atoms with Crippen molar-refractivity contribution in [3.8, 4) is 0 Å². The minimum atomic E-state index is -0.398. The van der Waals surface area contributed by atoms with Crippen LogP contribution in [0.15, 0.2) is 24.3 Å². The zero-order valence-corrected chi connectivity index (χ0v) is 12.7. The lowest BCUT2D eigenvalue weighted by Gasteiger charge is -2.04. The lowest BCUT2D eigenvalue weighted by Crippen LogP contribution is -2.03. The average molecular weight is 290 g/mol. The molecule has 0 saturated carbocycles. The van der Waals surface area contributed by atoms with Gasteiger partial charge in [-0.1, -0.05) is 25.5 Å². The van der Waals surface area contributed by atoms with Crippen molar-refractivity contribution in [2.45, 2.75) is 26.7 Å². The second-order valence-corrected chi connectivity index (χ2v) is 5.69. The zero-order valence-electron chi connectivity index (χ0n) is 11.9. The molecule has 0 unspecified atom stereocenters. The van der Waals surface area contributed by atoms with Crippen LogP contribution in [-0.4, -0.2) is 18.1 Å². The first-order valence-corrected chi connectivity index (χ1v) is 7.37. The summed E-state index contributed by atoms with van der Waals surface area (Å²) >= 11 is 1.44. The summed E-state index contributed by atoms with van der Waals surface area (Å²) in [6, 6.07) is 8.26. The highest BCUT2D eigenvalue weighted by atomic mass is 32.1. The third kappa shape index (κ3) is 3.36. The summed E-state index contributed by atoms with van der Waals surface area (Å²) in [5, 5.41) is 3.91. The summed E-state index contributed by atoms with van der Waals surface area (Å²) in [6.07, 6.45) is 2.23. The first kappa shape index (κ1) is 14.5. The van der Waals surface area contributed by atoms with E-state index >= 15 is 0 Å². The second-order valence-electron chi connectivity index (χ2n) is 4.49. The van der Waals surface area contributed by atoms with Gasteiger partial charge >= 0.3 is 5.97 Å². The predicted molar refractivity (Wildman–Crippen MR) is 81.9 cm³/mol. The van der Waals surface area contributed by atoms with Crippen LogP contribution in [0.5, 0.6) is 0 Å². The van der Waals surface area contributed by atoms with Gasteiger partial charge in [-0.3, -0.25) is 0 Å². The van der Waals surface area contributed by atoms with Crippen molar-refractivity contribution in [1.29, 1.82) is 0 Å². The van der Waals surface area contributed by atoms with Gasteiger partial charge < -0.3 is 10.1 Å². The van der Waals surface area contributed by atoms with E-state index in [-0.39, 0.29) is 0 Å². The molecule has 0 atom stereocenters. The Labute approximate surface area is 122 Å². The van der Waals surface area contributed by atoms with Crippen LogP contribution >= 0.6 is 11.3 Å². The number of rotatable bonds is 5. The van der Waals surface area contributed by atoms with Crippen LogP contribution in [0.3, 0.4) is 0 Å². The number of nitrogens with one attached hydrogen (secondary N) is 1. The van der Waals surface area contributed by atoms with E-state index in [1.807, 2.05) is 19.1 Å². The van der Waals surface area contributed by atoms with E-state index in [0.29, 0.717) is 10.8 Å². The maximum atomic E-state index is 11.5. The van der Waals surface area contributed by atoms with Crippen LogP contribution in [0.2, 0.25) is 0 Å². The summed E-state index contributed by atoms with van der Waals surface area (Å²) in [7, 11) is 1.36. The van der Waals surface area contributed by atoms with Crippen molar-refractivity contribution < 1.29 is 9.53 Å². The first-order valence-electron chi connectivity index (χ1n) is 6.55. The highest BCUT2D eigenvalue weighted by Gasteiger charge is 2.15. The number of methoxy groups -OCH3 is 1. The van der Waals surface area contributed by atoms with Crippen molar-refractivity contribution in [3.63, 3.8) is 0 Å². The van der Waals surface area contributed by atoms with Crippen LogP contribution < -0.4 is 5.32 Å². The Morgan fingerprint density at radius 2 is 2.05 bits per heavy atom. The van der Waals surface area contributed by atoms with Gasteiger partial charge in [0.1, 0.15) is 0 Å². The molecule has 106 valence electrons. The molecule has 0 bridgehead atoms. The number of nitrogens with zero attached hydrogens (tertiary/aromatic N) is 1. The van der Waals surface area contributed by atoms with Gasteiger partial charge in [0.2, 0.25) is 0 Å². The highest BCUT2D eigenvalue weighted by Crippen LogP contribution is 2.26. The number of benzene rings is 1. The first-order chi connectivity index (χ1) is 9.63. The van der Waals surface area contributed by atoms with Gasteiger partial charge in [-0.15, -0.1) is 11.3 Å². The molecule has 0 aliphatic rings. The van der Waals surface area contributed by atoms with E-state index in [1.165, 1.54) is 24.0 Å². The van der Waals surface area contributed by atoms with Crippen LogP contribution in [0, 0.1) is 6.92 Å². The number of carbonyl (C=O) groups excluding carboxylic acids is 1. The van der Waals surface area contributed by atoms with Crippen LogP contribution in [0.25, 0.3) is 0 Å². The molecule has 0 saturated heterocycles. The van der Waals surface area contributed by atoms with Gasteiger partial charge in [-0.2, -0.15) is 0 Å². The lowest BCUT2D eigenvalue weighted by molar-refractivity contribution is 0.0594. The van der Waals surface area contributed by atoms with E-state index in [2.05, 4.69) is 29.4 Å². The van der Waals surface area contributed by atoms with Gasteiger partial charge in [0.25, 0.3) is 0 Å². The molecule has 5 heteroatoms. The predicted octanol–water partition coefficient (Wildman–Crippen LogP) is 3.93. The molecule has 0 amide bonds. The number of hydrogen-bond acceptors (Lipinski definition) is 5. The molecule has 0 aliphatic heterocycles. The minimum absolute atomic E-state index is 0.377. The quantitative estimate of drug-likeness (QED) is 0.848. The average Bonchev–Trinajstić information content (AvgIpc) is 2.81. The standard InChI is InChI=1S/C15H18N2O2S/c1-4-5-11-6-8-12(9-7-11)16-15-17-13(10(2)20-15)14(18)19-3/h6-9H,4-5H2,1-3H3,(H,16,17). The highest BCUT2D eigenvalue weighted by molar-refractivity contribution is 7.15. The summed E-state index contributed by atoms with van der Waals surface area (Å²) in [5.41, 5.74) is 2.67. The number of aromatic nitrogens is 1. The van der Waals surface area contributed by atoms with E-state index < -0.39 is 5.97 Å². The van der Waals surface area contributed by atoms with E-state index in [0.717, 1.165) is 23.4 Å². The van der Waals surface area contributed by atoms with Crippen LogP contribution in [-0.2, 0) is 11.2 Å². The molecular formula is C15H18N2O2S. The number of aryl methyl sites for hydroxylation is 2. The smallest absolute Gasteiger partial charge is 0.357 e. The van der Waals surface area contributed by atoms with Gasteiger partial charge in [0, 0.05) is 10.6 Å². The number of anilines is 2. The third-order valence-corrected chi connectivity index (χ3v) is 3.81. The Kier molecular flexibility index (Phi) is 4.74. The molecule has 1 aromatic heterocycles. The molecule has 20 heavy (non-hydrogen) atoms. The minimum Gasteiger partial charge on any atom is -0.464 e. The normalized spacial score (nSPS) is 10.3. The molecule has 0 fully saturated rings. The number of carbonyl (C=O) groups is 1. The van der Waals surface area contributed by atoms with Crippen molar-refractivity contribution in [2.75, 3.05) is 12.4 Å². The van der Waals surface area contributed by atoms with Gasteiger partial charge in [0.15, 0.2) is 10.8 Å². The fraction of sp³-hybridized carbons (Fsp3) is 0.333. The number of thiazole rings is 1. The van der Waals surface area contributed by atoms with Crippen molar-refractivity contribution >= 4 is 28.1 Å². The van der Waals surface area contributed by atoms with Gasteiger partial charge in [-0.25, -0.2) is 9.78 Å². The second kappa shape index (κ2) is 6.52. The molecule has 0 radical (unpaired) electrons. The van der Waals surface area contributed by atoms with E-state index in [1.54, 1.807) is 0 Å². The molecule has 1 heterocycles. The molecule has 1 aromatic carbocycles. The zero-order chi connectivity index (χ0) is 14.5. The number of esters is 1. The molecule has 4 nitrogen and oxygen atoms in total. The Morgan fingerprint density at radius 3 is 2.65 bits per heavy atom. The van der Waals surface area contributed by atoms with Crippen molar-refractivity contribution in [2.24, 2.45) is 0 Å². The lowest BCUT2D eigenvalue weighted by atomic mass is 10.1. The molecule has 2 aromatic rings. The van der Waals surface area contributed by atoms with E-state index in [4.69, 9.17) is 4.74 Å². The Hall–Kier alpha value is -1.88. The topological polar surface area (TPSA) is 51.2 Å². The monoisotopic (exact) mass is 290 g/mol. The Bertz CT molecular complexity index is 590. The largest absolute Gasteiger partial charge is 0.464 e. The molecule has 1 N–H and O–H groups in total. The Morgan fingerprint density at radius 1 is 1.35 bits per heavy atom. The maximum absolute atomic E-state index is 11.5. The van der Waals surface area contributed by atoms with Gasteiger partial charge in [0.05, 0.1) is 7.11 Å². The fourth-order valence-electron chi connectivity index (χ4n) is 1.90. The maximum Gasteiger partial charge on any atom is 0.357 e. The summed E-state index contributed by atoms with van der Waals surface area (Å²) in [4.78, 5) is 16.6. The van der Waals surface area contributed by atoms with E-state index in [9.17, 15) is 4.79 Å². The Balaban J connectivity index is 2.11. The van der Waals surface area contributed by atoms with Crippen LogP contribution in [0.4, 0.5) is 10.8 Å². The van der Waals surface area contributed by atoms with Crippen molar-refractivity contribution in [3.05, 3.63) is 40.4 Å². The number of hydrogen-bond donors (Lipinski definition) is 1. The molecule has 0 aliphatic carbocycles. The molecular weight excluding hydrogens is 272 g/mol. The van der Waals surface area contributed by atoms with Gasteiger partial charge in [-0.05, 0) is 31.0 Å². The van der Waals surface area contributed by atoms with Crippen molar-refractivity contribution in [1.82, 2.24) is 4.98 Å². The van der Waals surface area contributed by atoms with Crippen LogP contribution in [0.1, 0.15) is 34.3 Å². The molecule has 0 spiro atoms. The SMILES string of the molecule is CCCc1ccc(Nc2nc(C(=O)OC)c(C)s2)cc1. The summed E-state index contributed by atoms with van der Waals surface area (Å²) < 4.78 is 4.70. The molecule has 2 rings (SSSR count). The fourth-order valence-corrected chi connectivity index (χ4v) is 2.72. The summed E-state index contributed by atoms with van der Waals surface area (Å²) in [5.74, 6) is -0.398.